The highest BCUT2D eigenvalue weighted by molar-refractivity contribution is 6.31. The van der Waals surface area contributed by atoms with Crippen LogP contribution in [0.2, 0.25) is 5.02 Å². The van der Waals surface area contributed by atoms with Gasteiger partial charge in [0, 0.05) is 29.4 Å². The zero-order valence-electron chi connectivity index (χ0n) is 13.9. The van der Waals surface area contributed by atoms with Crippen molar-refractivity contribution < 1.29 is 14.3 Å². The third kappa shape index (κ3) is 3.94. The van der Waals surface area contributed by atoms with Gasteiger partial charge in [0.1, 0.15) is 0 Å². The molecule has 6 heteroatoms. The van der Waals surface area contributed by atoms with E-state index in [1.807, 2.05) is 12.1 Å². The van der Waals surface area contributed by atoms with E-state index in [1.165, 1.54) is 26.0 Å². The van der Waals surface area contributed by atoms with Crippen molar-refractivity contribution in [1.82, 2.24) is 0 Å². The first-order valence-corrected chi connectivity index (χ1v) is 8.50. The van der Waals surface area contributed by atoms with E-state index in [9.17, 15) is 9.59 Å². The lowest BCUT2D eigenvalue weighted by atomic mass is 10.1. The zero-order valence-corrected chi connectivity index (χ0v) is 14.7. The van der Waals surface area contributed by atoms with Crippen LogP contribution in [-0.4, -0.2) is 32.1 Å². The number of nitrogens with zero attached hydrogens (tertiary/aromatic N) is 1. The highest BCUT2D eigenvalue weighted by Gasteiger charge is 2.16. The first kappa shape index (κ1) is 17.3. The lowest BCUT2D eigenvalue weighted by Gasteiger charge is -2.17. The van der Waals surface area contributed by atoms with Crippen LogP contribution in [0.3, 0.4) is 0 Å². The number of ether oxygens (including phenoxy) is 1. The van der Waals surface area contributed by atoms with Crippen molar-refractivity contribution in [2.45, 2.75) is 12.8 Å². The van der Waals surface area contributed by atoms with Gasteiger partial charge in [-0.1, -0.05) is 11.6 Å². The van der Waals surface area contributed by atoms with Gasteiger partial charge in [0.2, 0.25) is 0 Å². The number of halogens is 1. The molecule has 0 spiro atoms. The molecular formula is C19H19ClN2O3. The number of nitrogens with one attached hydrogen (secondary N) is 1. The molecule has 1 saturated heterocycles. The Morgan fingerprint density at radius 3 is 2.40 bits per heavy atom. The molecule has 1 aliphatic rings. The molecule has 0 saturated carbocycles. The van der Waals surface area contributed by atoms with E-state index in [4.69, 9.17) is 16.3 Å². The Balaban J connectivity index is 1.77. The SMILES string of the molecule is COC(=O)c1cc(Cl)ccc1NC(=O)c1ccc(N2CCCC2)cc1. The predicted molar refractivity (Wildman–Crippen MR) is 98.6 cm³/mol. The fourth-order valence-corrected chi connectivity index (χ4v) is 3.07. The van der Waals surface area contributed by atoms with Crippen LogP contribution in [0.5, 0.6) is 0 Å². The van der Waals surface area contributed by atoms with Crippen LogP contribution in [0.25, 0.3) is 0 Å². The van der Waals surface area contributed by atoms with Crippen LogP contribution in [0.1, 0.15) is 33.6 Å². The number of esters is 1. The summed E-state index contributed by atoms with van der Waals surface area (Å²) < 4.78 is 4.74. The van der Waals surface area contributed by atoms with Crippen molar-refractivity contribution in [1.29, 1.82) is 0 Å². The average Bonchev–Trinajstić information content (AvgIpc) is 3.17. The molecule has 0 aliphatic carbocycles. The number of hydrogen-bond acceptors (Lipinski definition) is 4. The van der Waals surface area contributed by atoms with Gasteiger partial charge < -0.3 is 15.0 Å². The van der Waals surface area contributed by atoms with E-state index in [0.717, 1.165) is 18.8 Å². The van der Waals surface area contributed by atoms with Gasteiger partial charge in [0.25, 0.3) is 5.91 Å². The van der Waals surface area contributed by atoms with Crippen molar-refractivity contribution in [3.05, 3.63) is 58.6 Å². The maximum atomic E-state index is 12.5. The topological polar surface area (TPSA) is 58.6 Å². The molecule has 0 bridgehead atoms. The zero-order chi connectivity index (χ0) is 17.8. The number of methoxy groups -OCH3 is 1. The Kier molecular flexibility index (Phi) is 5.24. The first-order chi connectivity index (χ1) is 12.1. The van der Waals surface area contributed by atoms with E-state index in [2.05, 4.69) is 10.2 Å². The molecule has 0 radical (unpaired) electrons. The van der Waals surface area contributed by atoms with Crippen molar-refractivity contribution in [3.63, 3.8) is 0 Å². The second-order valence-electron chi connectivity index (χ2n) is 5.88. The minimum absolute atomic E-state index is 0.219. The fraction of sp³-hybridized carbons (Fsp3) is 0.263. The molecule has 2 aromatic carbocycles. The van der Waals surface area contributed by atoms with Gasteiger partial charge >= 0.3 is 5.97 Å². The van der Waals surface area contributed by atoms with Gasteiger partial charge in [-0.2, -0.15) is 0 Å². The molecular weight excluding hydrogens is 340 g/mol. The second kappa shape index (κ2) is 7.57. The Morgan fingerprint density at radius 1 is 1.08 bits per heavy atom. The normalized spacial score (nSPS) is 13.6. The Hall–Kier alpha value is -2.53. The molecule has 130 valence electrons. The summed E-state index contributed by atoms with van der Waals surface area (Å²) in [5, 5.41) is 3.14. The monoisotopic (exact) mass is 358 g/mol. The summed E-state index contributed by atoms with van der Waals surface area (Å²) in [6, 6.07) is 12.1. The minimum atomic E-state index is -0.554. The highest BCUT2D eigenvalue weighted by atomic mass is 35.5. The molecule has 0 unspecified atom stereocenters. The molecule has 1 aliphatic heterocycles. The van der Waals surface area contributed by atoms with Crippen LogP contribution in [-0.2, 0) is 4.74 Å². The van der Waals surface area contributed by atoms with Gasteiger partial charge in [-0.3, -0.25) is 4.79 Å². The third-order valence-corrected chi connectivity index (χ3v) is 4.47. The van der Waals surface area contributed by atoms with Crippen LogP contribution < -0.4 is 10.2 Å². The molecule has 5 nitrogen and oxygen atoms in total. The summed E-state index contributed by atoms with van der Waals surface area (Å²) in [6.45, 7) is 2.11. The molecule has 1 N–H and O–H groups in total. The lowest BCUT2D eigenvalue weighted by Crippen LogP contribution is -2.18. The van der Waals surface area contributed by atoms with Gasteiger partial charge in [-0.15, -0.1) is 0 Å². The van der Waals surface area contributed by atoms with Crippen molar-refractivity contribution in [3.8, 4) is 0 Å². The Labute approximate surface area is 151 Å². The third-order valence-electron chi connectivity index (χ3n) is 4.24. The summed E-state index contributed by atoms with van der Waals surface area (Å²) in [7, 11) is 1.28. The van der Waals surface area contributed by atoms with E-state index in [-0.39, 0.29) is 11.5 Å². The number of hydrogen-bond donors (Lipinski definition) is 1. The standard InChI is InChI=1S/C19H19ClN2O3/c1-25-19(24)16-12-14(20)6-9-17(16)21-18(23)13-4-7-15(8-5-13)22-10-2-3-11-22/h4-9,12H,2-3,10-11H2,1H3,(H,21,23). The number of amides is 1. The van der Waals surface area contributed by atoms with Crippen LogP contribution in [0.15, 0.2) is 42.5 Å². The number of rotatable bonds is 4. The van der Waals surface area contributed by atoms with E-state index in [0.29, 0.717) is 16.3 Å². The number of benzene rings is 2. The first-order valence-electron chi connectivity index (χ1n) is 8.13. The molecule has 25 heavy (non-hydrogen) atoms. The lowest BCUT2D eigenvalue weighted by molar-refractivity contribution is 0.0602. The molecule has 0 aromatic heterocycles. The molecule has 2 aromatic rings. The van der Waals surface area contributed by atoms with Crippen LogP contribution >= 0.6 is 11.6 Å². The van der Waals surface area contributed by atoms with E-state index < -0.39 is 5.97 Å². The number of carbonyl (C=O) groups is 2. The van der Waals surface area contributed by atoms with Crippen molar-refractivity contribution in [2.24, 2.45) is 0 Å². The number of anilines is 2. The van der Waals surface area contributed by atoms with Crippen LogP contribution in [0, 0.1) is 0 Å². The maximum absolute atomic E-state index is 12.5. The van der Waals surface area contributed by atoms with Crippen LogP contribution in [0.4, 0.5) is 11.4 Å². The summed E-state index contributed by atoms with van der Waals surface area (Å²) in [5.74, 6) is -0.845. The highest BCUT2D eigenvalue weighted by Crippen LogP contribution is 2.24. The summed E-state index contributed by atoms with van der Waals surface area (Å²) in [6.07, 6.45) is 2.41. The summed E-state index contributed by atoms with van der Waals surface area (Å²) in [4.78, 5) is 26.6. The predicted octanol–water partition coefficient (Wildman–Crippen LogP) is 3.98. The van der Waals surface area contributed by atoms with Gasteiger partial charge in [0.05, 0.1) is 18.4 Å². The number of carbonyl (C=O) groups excluding carboxylic acids is 2. The summed E-state index contributed by atoms with van der Waals surface area (Å²) >= 11 is 5.93. The quantitative estimate of drug-likeness (QED) is 0.840. The molecule has 1 heterocycles. The molecule has 3 rings (SSSR count). The largest absolute Gasteiger partial charge is 0.465 e. The Morgan fingerprint density at radius 2 is 1.76 bits per heavy atom. The van der Waals surface area contributed by atoms with Crippen molar-refractivity contribution >= 4 is 34.9 Å². The fourth-order valence-electron chi connectivity index (χ4n) is 2.90. The second-order valence-corrected chi connectivity index (χ2v) is 6.31. The maximum Gasteiger partial charge on any atom is 0.340 e. The van der Waals surface area contributed by atoms with E-state index in [1.54, 1.807) is 24.3 Å². The average molecular weight is 359 g/mol. The van der Waals surface area contributed by atoms with Gasteiger partial charge in [-0.05, 0) is 55.3 Å². The summed E-state index contributed by atoms with van der Waals surface area (Å²) in [5.41, 5.74) is 2.23. The molecule has 0 atom stereocenters. The van der Waals surface area contributed by atoms with Crippen molar-refractivity contribution in [2.75, 3.05) is 30.4 Å². The smallest absolute Gasteiger partial charge is 0.340 e. The Bertz CT molecular complexity index is 784. The van der Waals surface area contributed by atoms with E-state index >= 15 is 0 Å². The van der Waals surface area contributed by atoms with Gasteiger partial charge in [0.15, 0.2) is 0 Å². The molecule has 1 amide bonds. The van der Waals surface area contributed by atoms with Gasteiger partial charge in [-0.25, -0.2) is 4.79 Å². The molecule has 1 fully saturated rings. The minimum Gasteiger partial charge on any atom is -0.465 e.